The number of amides is 2. The van der Waals surface area contributed by atoms with Crippen LogP contribution in [0.3, 0.4) is 0 Å². The molecule has 1 aliphatic rings. The lowest BCUT2D eigenvalue weighted by molar-refractivity contribution is -0.347. The number of nitrogens with zero attached hydrogens (tertiary/aromatic N) is 4. The molecular weight excluding hydrogens is 807 g/mol. The van der Waals surface area contributed by atoms with E-state index in [0.29, 0.717) is 11.3 Å². The van der Waals surface area contributed by atoms with E-state index in [1.807, 2.05) is 0 Å². The molecule has 1 aliphatic heterocycles. The molecule has 54 heavy (non-hydrogen) atoms. The van der Waals surface area contributed by atoms with E-state index in [9.17, 15) is 57.9 Å². The van der Waals surface area contributed by atoms with Crippen LogP contribution in [0.25, 0.3) is 11.2 Å². The number of hydrogen-bond donors (Lipinski definition) is 5. The lowest BCUT2D eigenvalue weighted by Crippen LogP contribution is -2.46. The number of anilines is 1. The number of phosphoric ester groups is 3. The Kier molecular flexibility index (Phi) is 16.0. The Morgan fingerprint density at radius 1 is 1.11 bits per heavy atom. The highest BCUT2D eigenvalue weighted by atomic mass is 32.2. The molecule has 3 heterocycles. The van der Waals surface area contributed by atoms with E-state index in [2.05, 4.69) is 50.0 Å². The summed E-state index contributed by atoms with van der Waals surface area (Å²) < 4.78 is 60.4. The number of hydrogen-bond acceptors (Lipinski definition) is 22. The Labute approximate surface area is 311 Å². The second-order valence-corrected chi connectivity index (χ2v) is 17.6. The minimum absolute atomic E-state index is 0.0224. The first kappa shape index (κ1) is 45.7. The number of fused-ring (bicyclic) bond motifs is 1. The standard InChI is InChI=1S/C26H42N7O17P3S/c1-14(2)9-17(35)54-8-7-28-16(34)5-6-29-24(38)21(37)26(3,4)11-47-53(44,45)50-52(42,43)46-10-15-20(49-51(39,40)41)19(36)25(48-15)33-13-32-18-22(27)30-12-31-23(18)33/h12-13,15,19-21,25,36-37H,1,5-11H2,2-4H3,(H,28,34)(H,29,38)(H,42,43)(H,44,45)(H2,27,30,31)(H2,39,40,41)/p-4. The van der Waals surface area contributed by atoms with Crippen molar-refractivity contribution in [1.29, 1.82) is 0 Å². The van der Waals surface area contributed by atoms with Crippen LogP contribution in [-0.4, -0.2) is 103 Å². The van der Waals surface area contributed by atoms with Gasteiger partial charge in [0, 0.05) is 37.1 Å². The monoisotopic (exact) mass is 845 g/mol. The van der Waals surface area contributed by atoms with Gasteiger partial charge in [0.2, 0.25) is 11.8 Å². The molecular formula is C26H38N7O17P3S-4. The normalized spacial score (nSPS) is 21.9. The highest BCUT2D eigenvalue weighted by molar-refractivity contribution is 8.13. The van der Waals surface area contributed by atoms with Gasteiger partial charge in [-0.25, -0.2) is 19.3 Å². The number of nitrogens with one attached hydrogen (secondary N) is 2. The molecule has 7 atom stereocenters. The van der Waals surface area contributed by atoms with Crippen LogP contribution in [0, 0.1) is 5.41 Å². The number of ether oxygens (including phenoxy) is 1. The summed E-state index contributed by atoms with van der Waals surface area (Å²) in [5.74, 6) is -1.24. The molecule has 2 amide bonds. The van der Waals surface area contributed by atoms with Crippen LogP contribution >= 0.6 is 35.2 Å². The highest BCUT2D eigenvalue weighted by Crippen LogP contribution is 2.56. The summed E-state index contributed by atoms with van der Waals surface area (Å²) in [6, 6.07) is 0. The lowest BCUT2D eigenvalue weighted by Gasteiger charge is -2.36. The van der Waals surface area contributed by atoms with Gasteiger partial charge in [-0.15, -0.1) is 0 Å². The van der Waals surface area contributed by atoms with Crippen LogP contribution in [0.1, 0.15) is 39.8 Å². The average Bonchev–Trinajstić information content (AvgIpc) is 3.60. The van der Waals surface area contributed by atoms with Crippen molar-refractivity contribution in [1.82, 2.24) is 30.2 Å². The van der Waals surface area contributed by atoms with Gasteiger partial charge in [0.15, 0.2) is 22.8 Å². The molecule has 7 unspecified atom stereocenters. The average molecular weight is 846 g/mol. The third-order valence-corrected chi connectivity index (χ3v) is 11.1. The number of aliphatic hydroxyl groups is 2. The molecule has 0 saturated carbocycles. The van der Waals surface area contributed by atoms with Gasteiger partial charge in [-0.1, -0.05) is 37.8 Å². The largest absolute Gasteiger partial charge is 0.790 e. The van der Waals surface area contributed by atoms with Gasteiger partial charge in [-0.2, -0.15) is 0 Å². The molecule has 0 aliphatic carbocycles. The third kappa shape index (κ3) is 13.8. The van der Waals surface area contributed by atoms with E-state index in [4.69, 9.17) is 10.5 Å². The summed E-state index contributed by atoms with van der Waals surface area (Å²) >= 11 is 1.03. The Morgan fingerprint density at radius 2 is 1.78 bits per heavy atom. The number of nitrogens with two attached hydrogens (primary N) is 1. The van der Waals surface area contributed by atoms with Crippen LogP contribution in [0.15, 0.2) is 24.8 Å². The molecule has 3 rings (SSSR count). The molecule has 0 bridgehead atoms. The van der Waals surface area contributed by atoms with E-state index in [1.165, 1.54) is 13.8 Å². The van der Waals surface area contributed by atoms with Gasteiger partial charge < -0.3 is 69.0 Å². The van der Waals surface area contributed by atoms with Gasteiger partial charge in [-0.05, 0) is 6.92 Å². The quantitative estimate of drug-likeness (QED) is 0.0478. The summed E-state index contributed by atoms with van der Waals surface area (Å²) in [4.78, 5) is 95.4. The van der Waals surface area contributed by atoms with Crippen LogP contribution < -0.4 is 35.9 Å². The second-order valence-electron chi connectivity index (χ2n) is 12.3. The molecule has 1 fully saturated rings. The van der Waals surface area contributed by atoms with Crippen molar-refractivity contribution in [2.45, 2.75) is 64.3 Å². The highest BCUT2D eigenvalue weighted by Gasteiger charge is 2.47. The summed E-state index contributed by atoms with van der Waals surface area (Å²) in [6.07, 6.45) is -7.38. The van der Waals surface area contributed by atoms with Crippen molar-refractivity contribution in [2.75, 3.05) is 37.8 Å². The summed E-state index contributed by atoms with van der Waals surface area (Å²) in [6.45, 7) is 5.43. The second kappa shape index (κ2) is 19.0. The molecule has 1 saturated heterocycles. The fourth-order valence-electron chi connectivity index (χ4n) is 4.57. The maximum atomic E-state index is 12.5. The van der Waals surface area contributed by atoms with Crippen molar-refractivity contribution in [3.05, 3.63) is 24.8 Å². The minimum Gasteiger partial charge on any atom is -0.790 e. The van der Waals surface area contributed by atoms with Crippen LogP contribution in [0.2, 0.25) is 0 Å². The molecule has 6 N–H and O–H groups in total. The van der Waals surface area contributed by atoms with Crippen molar-refractivity contribution >= 4 is 69.1 Å². The lowest BCUT2D eigenvalue weighted by atomic mass is 9.87. The van der Waals surface area contributed by atoms with Crippen molar-refractivity contribution < 1.29 is 80.5 Å². The van der Waals surface area contributed by atoms with Crippen molar-refractivity contribution in [2.24, 2.45) is 5.41 Å². The first-order valence-electron chi connectivity index (χ1n) is 15.5. The number of phosphoric acid groups is 3. The first-order chi connectivity index (χ1) is 24.9. The van der Waals surface area contributed by atoms with E-state index in [-0.39, 0.29) is 48.0 Å². The zero-order chi connectivity index (χ0) is 40.6. The van der Waals surface area contributed by atoms with E-state index in [1.54, 1.807) is 6.92 Å². The molecule has 2 aromatic heterocycles. The van der Waals surface area contributed by atoms with Gasteiger partial charge >= 0.3 is 0 Å². The Balaban J connectivity index is 1.51. The van der Waals surface area contributed by atoms with Crippen LogP contribution in [0.4, 0.5) is 5.82 Å². The fourth-order valence-corrected chi connectivity index (χ4v) is 8.09. The smallest absolute Gasteiger partial charge is 0.274 e. The summed E-state index contributed by atoms with van der Waals surface area (Å²) in [5, 5.41) is 26.0. The SMILES string of the molecule is C=C(C)CC(=O)SCCNC(=O)CCNC(=O)C(O)C(C)(C)COP(=O)([O-])OP(=O)([O-])OCC1OC(n2cnc3c(N)ncnc32)C(O)C1OP(=O)([O-])[O-]. The van der Waals surface area contributed by atoms with Gasteiger partial charge in [0.05, 0.1) is 27.4 Å². The number of nitrogen functional groups attached to an aromatic ring is 1. The summed E-state index contributed by atoms with van der Waals surface area (Å²) in [7, 11) is -17.6. The Morgan fingerprint density at radius 3 is 2.43 bits per heavy atom. The molecule has 0 aromatic carbocycles. The number of allylic oxidation sites excluding steroid dienone is 1. The zero-order valence-electron chi connectivity index (χ0n) is 28.8. The van der Waals surface area contributed by atoms with Gasteiger partial charge in [-0.3, -0.25) is 28.1 Å². The van der Waals surface area contributed by atoms with Gasteiger partial charge in [0.1, 0.15) is 36.3 Å². The predicted octanol–water partition coefficient (Wildman–Crippen LogP) is -2.90. The number of aliphatic hydroxyl groups excluding tert-OH is 2. The maximum Gasteiger partial charge on any atom is 0.274 e. The van der Waals surface area contributed by atoms with E-state index >= 15 is 0 Å². The Bertz CT molecular complexity index is 1830. The van der Waals surface area contributed by atoms with E-state index in [0.717, 1.165) is 29.0 Å². The number of imidazole rings is 1. The molecule has 2 aromatic rings. The third-order valence-electron chi connectivity index (χ3n) is 7.19. The molecule has 304 valence electrons. The molecule has 28 heteroatoms. The first-order valence-corrected chi connectivity index (χ1v) is 20.9. The van der Waals surface area contributed by atoms with Crippen LogP contribution in [-0.2, 0) is 50.7 Å². The maximum absolute atomic E-state index is 12.5. The molecule has 0 radical (unpaired) electrons. The number of aromatic nitrogens is 4. The predicted molar refractivity (Wildman–Crippen MR) is 178 cm³/mol. The van der Waals surface area contributed by atoms with Crippen molar-refractivity contribution in [3.63, 3.8) is 0 Å². The Hall–Kier alpha value is -2.70. The zero-order valence-corrected chi connectivity index (χ0v) is 32.3. The number of carbonyl (C=O) groups is 3. The number of thioether (sulfide) groups is 1. The molecule has 24 nitrogen and oxygen atoms in total. The van der Waals surface area contributed by atoms with Crippen LogP contribution in [0.5, 0.6) is 0 Å². The summed E-state index contributed by atoms with van der Waals surface area (Å²) in [5.41, 5.74) is 4.77. The number of carbonyl (C=O) groups excluding carboxylic acids is 3. The van der Waals surface area contributed by atoms with E-state index < -0.39 is 84.6 Å². The topological polar surface area (TPSA) is 375 Å². The fraction of sp³-hybridized carbons (Fsp3) is 0.615. The van der Waals surface area contributed by atoms with Crippen molar-refractivity contribution in [3.8, 4) is 0 Å². The minimum atomic E-state index is -5.91. The molecule has 0 spiro atoms. The number of rotatable bonds is 21. The van der Waals surface area contributed by atoms with Gasteiger partial charge in [0.25, 0.3) is 15.6 Å².